The van der Waals surface area contributed by atoms with Crippen LogP contribution in [-0.4, -0.2) is 42.0 Å². The molecule has 1 aliphatic heterocycles. The molecule has 2 heterocycles. The highest BCUT2D eigenvalue weighted by molar-refractivity contribution is 7.22. The maximum Gasteiger partial charge on any atom is 0.256 e. The number of aryl methyl sites for hydroxylation is 1. The minimum Gasteiger partial charge on any atom is -0.345 e. The van der Waals surface area contributed by atoms with E-state index < -0.39 is 5.82 Å². The van der Waals surface area contributed by atoms with Crippen LogP contribution in [0.1, 0.15) is 15.9 Å². The fraction of sp³-hybridized carbons (Fsp3) is 0.263. The van der Waals surface area contributed by atoms with Crippen LogP contribution in [0.2, 0.25) is 5.02 Å². The van der Waals surface area contributed by atoms with Gasteiger partial charge in [-0.1, -0.05) is 35.1 Å². The summed E-state index contributed by atoms with van der Waals surface area (Å²) < 4.78 is 15.0. The number of nitrogens with zero attached hydrogens (tertiary/aromatic N) is 3. The molecule has 1 aromatic heterocycles. The van der Waals surface area contributed by atoms with Crippen LogP contribution in [0.5, 0.6) is 0 Å². The fourth-order valence-electron chi connectivity index (χ4n) is 3.13. The number of anilines is 1. The minimum absolute atomic E-state index is 0.131. The van der Waals surface area contributed by atoms with E-state index in [-0.39, 0.29) is 11.5 Å². The van der Waals surface area contributed by atoms with E-state index in [4.69, 9.17) is 16.6 Å². The van der Waals surface area contributed by atoms with E-state index in [1.807, 2.05) is 19.1 Å². The Kier molecular flexibility index (Phi) is 4.54. The van der Waals surface area contributed by atoms with Gasteiger partial charge >= 0.3 is 0 Å². The van der Waals surface area contributed by atoms with Crippen molar-refractivity contribution in [1.82, 2.24) is 9.88 Å². The zero-order valence-electron chi connectivity index (χ0n) is 14.2. The summed E-state index contributed by atoms with van der Waals surface area (Å²) in [4.78, 5) is 21.1. The lowest BCUT2D eigenvalue weighted by molar-refractivity contribution is 0.0742. The number of thiazole rings is 1. The van der Waals surface area contributed by atoms with Gasteiger partial charge in [0.1, 0.15) is 5.82 Å². The third-order valence-corrected chi connectivity index (χ3v) is 6.17. The number of piperazine rings is 1. The zero-order chi connectivity index (χ0) is 18.3. The highest BCUT2D eigenvalue weighted by Gasteiger charge is 2.25. The Morgan fingerprint density at radius 2 is 1.88 bits per heavy atom. The molecule has 4 nitrogen and oxygen atoms in total. The first-order valence-electron chi connectivity index (χ1n) is 8.39. The highest BCUT2D eigenvalue weighted by Crippen LogP contribution is 2.33. The van der Waals surface area contributed by atoms with Gasteiger partial charge in [-0.3, -0.25) is 4.79 Å². The summed E-state index contributed by atoms with van der Waals surface area (Å²) in [5.74, 6) is -0.729. The van der Waals surface area contributed by atoms with E-state index in [1.54, 1.807) is 28.4 Å². The molecule has 0 atom stereocenters. The number of carbonyl (C=O) groups is 1. The molecule has 1 amide bonds. The van der Waals surface area contributed by atoms with E-state index in [0.717, 1.165) is 25.9 Å². The summed E-state index contributed by atoms with van der Waals surface area (Å²) in [5.41, 5.74) is 2.05. The molecule has 1 saturated heterocycles. The van der Waals surface area contributed by atoms with Crippen molar-refractivity contribution >= 4 is 44.2 Å². The molecule has 0 N–H and O–H groups in total. The van der Waals surface area contributed by atoms with Crippen molar-refractivity contribution in [2.75, 3.05) is 31.1 Å². The second-order valence-electron chi connectivity index (χ2n) is 6.27. The van der Waals surface area contributed by atoms with E-state index in [2.05, 4.69) is 4.90 Å². The Bertz CT molecular complexity index is 982. The number of amides is 1. The molecule has 0 aliphatic carbocycles. The Balaban J connectivity index is 1.49. The van der Waals surface area contributed by atoms with Crippen molar-refractivity contribution in [2.45, 2.75) is 6.92 Å². The van der Waals surface area contributed by atoms with Gasteiger partial charge in [-0.05, 0) is 36.8 Å². The number of rotatable bonds is 2. The van der Waals surface area contributed by atoms with E-state index in [0.29, 0.717) is 26.2 Å². The van der Waals surface area contributed by atoms with Crippen LogP contribution in [0, 0.1) is 12.7 Å². The van der Waals surface area contributed by atoms with Crippen LogP contribution in [0.25, 0.3) is 10.2 Å². The Hall–Kier alpha value is -2.18. The third-order valence-electron chi connectivity index (χ3n) is 4.68. The van der Waals surface area contributed by atoms with E-state index in [9.17, 15) is 9.18 Å². The molecule has 0 unspecified atom stereocenters. The van der Waals surface area contributed by atoms with Gasteiger partial charge in [0.15, 0.2) is 5.13 Å². The van der Waals surface area contributed by atoms with Crippen LogP contribution >= 0.6 is 22.9 Å². The second kappa shape index (κ2) is 6.85. The van der Waals surface area contributed by atoms with Crippen LogP contribution in [-0.2, 0) is 0 Å². The van der Waals surface area contributed by atoms with Crippen LogP contribution in [0.15, 0.2) is 36.4 Å². The van der Waals surface area contributed by atoms with Crippen molar-refractivity contribution in [2.24, 2.45) is 0 Å². The average Bonchev–Trinajstić information content (AvgIpc) is 3.10. The van der Waals surface area contributed by atoms with Crippen LogP contribution in [0.3, 0.4) is 0 Å². The monoisotopic (exact) mass is 389 g/mol. The van der Waals surface area contributed by atoms with Crippen molar-refractivity contribution in [3.8, 4) is 0 Å². The van der Waals surface area contributed by atoms with Gasteiger partial charge in [-0.2, -0.15) is 0 Å². The van der Waals surface area contributed by atoms with E-state index in [1.165, 1.54) is 12.1 Å². The summed E-state index contributed by atoms with van der Waals surface area (Å²) in [6.07, 6.45) is 0. The lowest BCUT2D eigenvalue weighted by Crippen LogP contribution is -2.49. The number of halogens is 2. The van der Waals surface area contributed by atoms with Crippen LogP contribution < -0.4 is 4.90 Å². The number of hydrogen-bond acceptors (Lipinski definition) is 4. The van der Waals surface area contributed by atoms with Gasteiger partial charge in [0.2, 0.25) is 0 Å². The molecule has 0 radical (unpaired) electrons. The summed E-state index contributed by atoms with van der Waals surface area (Å²) in [6.45, 7) is 4.41. The molecule has 1 fully saturated rings. The first-order chi connectivity index (χ1) is 12.5. The molecular weight excluding hydrogens is 373 g/mol. The number of carbonyl (C=O) groups excluding carboxylic acids is 1. The Labute approximate surface area is 159 Å². The standard InChI is InChI=1S/C19H17ClFN3OS/c1-12-14(20)6-7-16-17(12)22-19(26-16)24-10-8-23(9-11-24)18(25)13-4-2-3-5-15(13)21/h2-7H,8-11H2,1H3. The SMILES string of the molecule is Cc1c(Cl)ccc2sc(N3CCN(C(=O)c4ccccc4F)CC3)nc12. The fourth-order valence-corrected chi connectivity index (χ4v) is 4.36. The van der Waals surface area contributed by atoms with Crippen molar-refractivity contribution < 1.29 is 9.18 Å². The summed E-state index contributed by atoms with van der Waals surface area (Å²) in [6, 6.07) is 10.0. The molecule has 7 heteroatoms. The molecule has 134 valence electrons. The van der Waals surface area contributed by atoms with Gasteiger partial charge in [-0.25, -0.2) is 9.37 Å². The van der Waals surface area contributed by atoms with Gasteiger partial charge in [-0.15, -0.1) is 0 Å². The summed E-state index contributed by atoms with van der Waals surface area (Å²) in [5, 5.41) is 1.65. The molecule has 0 bridgehead atoms. The Morgan fingerprint density at radius 3 is 2.62 bits per heavy atom. The number of benzene rings is 2. The van der Waals surface area contributed by atoms with Crippen molar-refractivity contribution in [1.29, 1.82) is 0 Å². The molecule has 0 saturated carbocycles. The van der Waals surface area contributed by atoms with Gasteiger partial charge in [0.05, 0.1) is 15.8 Å². The number of fused-ring (bicyclic) bond motifs is 1. The van der Waals surface area contributed by atoms with Gasteiger partial charge in [0, 0.05) is 31.2 Å². The topological polar surface area (TPSA) is 36.4 Å². The van der Waals surface area contributed by atoms with Gasteiger partial charge in [0.25, 0.3) is 5.91 Å². The van der Waals surface area contributed by atoms with Crippen molar-refractivity contribution in [3.05, 3.63) is 58.4 Å². The first-order valence-corrected chi connectivity index (χ1v) is 9.58. The Morgan fingerprint density at radius 1 is 1.15 bits per heavy atom. The van der Waals surface area contributed by atoms with Crippen LogP contribution in [0.4, 0.5) is 9.52 Å². The lowest BCUT2D eigenvalue weighted by atomic mass is 10.1. The predicted octanol–water partition coefficient (Wildman–Crippen LogP) is 4.36. The molecular formula is C19H17ClFN3OS. The lowest BCUT2D eigenvalue weighted by Gasteiger charge is -2.34. The molecule has 2 aromatic carbocycles. The smallest absolute Gasteiger partial charge is 0.256 e. The maximum atomic E-state index is 13.8. The number of hydrogen-bond donors (Lipinski definition) is 0. The minimum atomic E-state index is -0.474. The third kappa shape index (κ3) is 3.04. The normalized spacial score (nSPS) is 14.9. The first kappa shape index (κ1) is 17.2. The number of aromatic nitrogens is 1. The largest absolute Gasteiger partial charge is 0.345 e. The maximum absolute atomic E-state index is 13.8. The van der Waals surface area contributed by atoms with Crippen molar-refractivity contribution in [3.63, 3.8) is 0 Å². The zero-order valence-corrected chi connectivity index (χ0v) is 15.8. The second-order valence-corrected chi connectivity index (χ2v) is 7.69. The highest BCUT2D eigenvalue weighted by atomic mass is 35.5. The molecule has 26 heavy (non-hydrogen) atoms. The molecule has 1 aliphatic rings. The molecule has 0 spiro atoms. The summed E-state index contributed by atoms with van der Waals surface area (Å²) in [7, 11) is 0. The molecule has 3 aromatic rings. The van der Waals surface area contributed by atoms with Gasteiger partial charge < -0.3 is 9.80 Å². The average molecular weight is 390 g/mol. The summed E-state index contributed by atoms with van der Waals surface area (Å²) >= 11 is 7.81. The van der Waals surface area contributed by atoms with E-state index >= 15 is 0 Å². The predicted molar refractivity (Wildman–Crippen MR) is 104 cm³/mol. The molecule has 4 rings (SSSR count). The quantitative estimate of drug-likeness (QED) is 0.653.